The summed E-state index contributed by atoms with van der Waals surface area (Å²) in [6.45, 7) is 6.91. The zero-order valence-corrected chi connectivity index (χ0v) is 14.2. The van der Waals surface area contributed by atoms with Crippen LogP contribution in [0.3, 0.4) is 0 Å². The number of H-pyrrole nitrogens is 1. The van der Waals surface area contributed by atoms with E-state index >= 15 is 0 Å². The number of nitrogens with zero attached hydrogens (tertiary/aromatic N) is 3. The van der Waals surface area contributed by atoms with Crippen LogP contribution in [0.1, 0.15) is 22.5 Å². The van der Waals surface area contributed by atoms with E-state index in [9.17, 15) is 25.0 Å². The molecule has 10 heteroatoms. The molecule has 9 nitrogen and oxygen atoms in total. The average molecular weight is 355 g/mol. The molecule has 0 amide bonds. The van der Waals surface area contributed by atoms with Crippen LogP contribution in [-0.4, -0.2) is 19.8 Å². The van der Waals surface area contributed by atoms with Crippen LogP contribution >= 0.6 is 11.6 Å². The van der Waals surface area contributed by atoms with Gasteiger partial charge in [-0.15, -0.1) is 0 Å². The predicted octanol–water partition coefficient (Wildman–Crippen LogP) is 3.16. The molecule has 2 aromatic heterocycles. The molecule has 0 atom stereocenters. The fourth-order valence-corrected chi connectivity index (χ4v) is 1.89. The number of nitro groups is 2. The number of aromatic nitrogens is 2. The zero-order valence-electron chi connectivity index (χ0n) is 13.4. The Bertz CT molecular complexity index is 863. The summed E-state index contributed by atoms with van der Waals surface area (Å²) in [7, 11) is 0. The van der Waals surface area contributed by atoms with E-state index < -0.39 is 21.1 Å². The lowest BCUT2D eigenvalue weighted by Gasteiger charge is -1.99. The van der Waals surface area contributed by atoms with Gasteiger partial charge in [0.2, 0.25) is 5.15 Å². The maximum atomic E-state index is 10.9. The predicted molar refractivity (Wildman–Crippen MR) is 88.6 cm³/mol. The number of aryl methyl sites for hydroxylation is 4. The monoisotopic (exact) mass is 354 g/mol. The average Bonchev–Trinajstić information content (AvgIpc) is 2.46. The van der Waals surface area contributed by atoms with Crippen molar-refractivity contribution in [1.82, 2.24) is 9.97 Å². The fraction of sp³-hybridized carbons (Fsp3) is 0.286. The molecule has 0 saturated heterocycles. The van der Waals surface area contributed by atoms with Gasteiger partial charge in [0.15, 0.2) is 0 Å². The Hall–Kier alpha value is -2.81. The highest BCUT2D eigenvalue weighted by Crippen LogP contribution is 2.23. The number of pyridine rings is 2. The molecular weight excluding hydrogens is 340 g/mol. The highest BCUT2D eigenvalue weighted by atomic mass is 35.5. The van der Waals surface area contributed by atoms with Gasteiger partial charge in [-0.25, -0.2) is 4.98 Å². The lowest BCUT2D eigenvalue weighted by molar-refractivity contribution is -0.386. The molecule has 2 aromatic rings. The van der Waals surface area contributed by atoms with Crippen molar-refractivity contribution in [2.75, 3.05) is 0 Å². The van der Waals surface area contributed by atoms with Gasteiger partial charge in [0, 0.05) is 23.5 Å². The lowest BCUT2D eigenvalue weighted by Crippen LogP contribution is -2.13. The second-order valence-corrected chi connectivity index (χ2v) is 5.36. The van der Waals surface area contributed by atoms with Crippen LogP contribution in [0, 0.1) is 47.9 Å². The molecule has 128 valence electrons. The molecule has 0 unspecified atom stereocenters. The second-order valence-electron chi connectivity index (χ2n) is 5.01. The molecule has 0 aliphatic carbocycles. The SMILES string of the molecule is Cc1cc([N+](=O)[O-])c(=O)[nH]c1C.Cc1cc([N+](=O)[O-])c(Cl)nc1C. The molecule has 24 heavy (non-hydrogen) atoms. The van der Waals surface area contributed by atoms with Gasteiger partial charge >= 0.3 is 16.9 Å². The van der Waals surface area contributed by atoms with E-state index in [4.69, 9.17) is 11.6 Å². The van der Waals surface area contributed by atoms with Gasteiger partial charge in [-0.2, -0.15) is 0 Å². The zero-order chi connectivity index (χ0) is 18.6. The van der Waals surface area contributed by atoms with Crippen LogP contribution < -0.4 is 5.56 Å². The van der Waals surface area contributed by atoms with Crippen molar-refractivity contribution in [3.63, 3.8) is 0 Å². The molecule has 0 radical (unpaired) electrons. The van der Waals surface area contributed by atoms with Gasteiger partial charge in [-0.3, -0.25) is 25.0 Å². The molecule has 0 aromatic carbocycles. The summed E-state index contributed by atoms with van der Waals surface area (Å²) in [4.78, 5) is 36.6. The summed E-state index contributed by atoms with van der Waals surface area (Å²) < 4.78 is 0. The molecule has 0 saturated carbocycles. The largest absolute Gasteiger partial charge is 0.334 e. The first-order valence-electron chi connectivity index (χ1n) is 6.67. The standard InChI is InChI=1S/C7H7ClN2O2.C7H8N2O3/c1-4-3-6(10(11)12)7(8)9-5(4)2;1-4-3-6(9(11)12)7(10)8-5(4)2/h3H,1-2H3;3H,1-2H3,(H,8,10). The van der Waals surface area contributed by atoms with Gasteiger partial charge in [0.05, 0.1) is 9.85 Å². The van der Waals surface area contributed by atoms with E-state index in [1.807, 2.05) is 0 Å². The Labute approximate surface area is 141 Å². The van der Waals surface area contributed by atoms with Crippen molar-refractivity contribution in [3.05, 3.63) is 70.4 Å². The Morgan fingerprint density at radius 3 is 2.00 bits per heavy atom. The summed E-state index contributed by atoms with van der Waals surface area (Å²) in [5.74, 6) is 0. The first kappa shape index (κ1) is 19.2. The number of hydrogen-bond acceptors (Lipinski definition) is 6. The lowest BCUT2D eigenvalue weighted by atomic mass is 10.2. The molecule has 0 aliphatic heterocycles. The summed E-state index contributed by atoms with van der Waals surface area (Å²) >= 11 is 5.54. The van der Waals surface area contributed by atoms with Crippen LogP contribution in [-0.2, 0) is 0 Å². The number of hydrogen-bond donors (Lipinski definition) is 1. The van der Waals surface area contributed by atoms with Crippen LogP contribution in [0.2, 0.25) is 5.15 Å². The van der Waals surface area contributed by atoms with Crippen molar-refractivity contribution in [3.8, 4) is 0 Å². The Morgan fingerprint density at radius 2 is 1.50 bits per heavy atom. The maximum Gasteiger partial charge on any atom is 0.334 e. The van der Waals surface area contributed by atoms with E-state index in [1.54, 1.807) is 27.7 Å². The molecule has 0 bridgehead atoms. The minimum absolute atomic E-state index is 0.0527. The Kier molecular flexibility index (Phi) is 6.13. The quantitative estimate of drug-likeness (QED) is 0.500. The number of nitrogens with one attached hydrogen (secondary N) is 1. The first-order chi connectivity index (χ1) is 11.0. The van der Waals surface area contributed by atoms with Crippen molar-refractivity contribution in [2.24, 2.45) is 0 Å². The van der Waals surface area contributed by atoms with Gasteiger partial charge in [-0.05, 0) is 38.8 Å². The van der Waals surface area contributed by atoms with Gasteiger partial charge in [0.25, 0.3) is 0 Å². The highest BCUT2D eigenvalue weighted by molar-refractivity contribution is 6.31. The van der Waals surface area contributed by atoms with Crippen LogP contribution in [0.15, 0.2) is 16.9 Å². The molecule has 0 fully saturated rings. The van der Waals surface area contributed by atoms with E-state index in [2.05, 4.69) is 9.97 Å². The molecule has 2 rings (SSSR count). The number of halogens is 1. The molecular formula is C14H15ClN4O5. The molecule has 0 aliphatic rings. The van der Waals surface area contributed by atoms with Crippen LogP contribution in [0.25, 0.3) is 0 Å². The molecule has 2 heterocycles. The Balaban J connectivity index is 0.000000240. The third-order valence-electron chi connectivity index (χ3n) is 3.27. The van der Waals surface area contributed by atoms with Gasteiger partial charge < -0.3 is 4.98 Å². The minimum Gasteiger partial charge on any atom is -0.320 e. The van der Waals surface area contributed by atoms with E-state index in [0.717, 1.165) is 5.56 Å². The van der Waals surface area contributed by atoms with E-state index in [1.165, 1.54) is 12.1 Å². The third kappa shape index (κ3) is 4.59. The van der Waals surface area contributed by atoms with Crippen LogP contribution in [0.4, 0.5) is 11.4 Å². The van der Waals surface area contributed by atoms with Crippen molar-refractivity contribution in [1.29, 1.82) is 0 Å². The first-order valence-corrected chi connectivity index (χ1v) is 7.05. The van der Waals surface area contributed by atoms with Crippen molar-refractivity contribution in [2.45, 2.75) is 27.7 Å². The molecule has 0 spiro atoms. The summed E-state index contributed by atoms with van der Waals surface area (Å²) in [5.41, 5.74) is 1.66. The normalized spacial score (nSPS) is 9.88. The maximum absolute atomic E-state index is 10.9. The van der Waals surface area contributed by atoms with Crippen LogP contribution in [0.5, 0.6) is 0 Å². The topological polar surface area (TPSA) is 132 Å². The smallest absolute Gasteiger partial charge is 0.320 e. The van der Waals surface area contributed by atoms with E-state index in [0.29, 0.717) is 17.0 Å². The highest BCUT2D eigenvalue weighted by Gasteiger charge is 2.14. The van der Waals surface area contributed by atoms with Crippen molar-refractivity contribution >= 4 is 23.0 Å². The second kappa shape index (κ2) is 7.64. The van der Waals surface area contributed by atoms with Crippen molar-refractivity contribution < 1.29 is 9.85 Å². The summed E-state index contributed by atoms with van der Waals surface area (Å²) in [5, 5.41) is 20.6. The number of aromatic amines is 1. The minimum atomic E-state index is -0.689. The third-order valence-corrected chi connectivity index (χ3v) is 3.55. The summed E-state index contributed by atoms with van der Waals surface area (Å²) in [6, 6.07) is 2.69. The van der Waals surface area contributed by atoms with Gasteiger partial charge in [0.1, 0.15) is 0 Å². The van der Waals surface area contributed by atoms with Gasteiger partial charge in [-0.1, -0.05) is 11.6 Å². The Morgan fingerprint density at radius 1 is 1.00 bits per heavy atom. The number of rotatable bonds is 2. The van der Waals surface area contributed by atoms with E-state index in [-0.39, 0.29) is 10.8 Å². The summed E-state index contributed by atoms with van der Waals surface area (Å²) in [6.07, 6.45) is 0. The fourth-order valence-electron chi connectivity index (χ4n) is 1.64. The molecule has 1 N–H and O–H groups in total.